The van der Waals surface area contributed by atoms with Crippen LogP contribution in [0, 0.1) is 10.5 Å². The highest BCUT2D eigenvalue weighted by Crippen LogP contribution is 2.36. The predicted octanol–water partition coefficient (Wildman–Crippen LogP) is 6.16. The van der Waals surface area contributed by atoms with Crippen molar-refractivity contribution in [3.63, 3.8) is 0 Å². The molecule has 1 fully saturated rings. The van der Waals surface area contributed by atoms with E-state index in [-0.39, 0.29) is 12.2 Å². The van der Waals surface area contributed by atoms with Gasteiger partial charge in [-0.25, -0.2) is 9.69 Å². The molecule has 184 valence electrons. The van der Waals surface area contributed by atoms with Crippen LogP contribution in [0.2, 0.25) is 10.0 Å². The zero-order valence-electron chi connectivity index (χ0n) is 19.1. The van der Waals surface area contributed by atoms with E-state index in [1.807, 2.05) is 18.2 Å². The Balaban J connectivity index is 1.66. The van der Waals surface area contributed by atoms with Gasteiger partial charge in [-0.2, -0.15) is 0 Å². The normalized spacial score (nSPS) is 14.8. The Morgan fingerprint density at radius 1 is 1.06 bits per heavy atom. The number of halogens is 3. The van der Waals surface area contributed by atoms with Crippen molar-refractivity contribution in [3.05, 3.63) is 90.5 Å². The first-order chi connectivity index (χ1) is 17.2. The van der Waals surface area contributed by atoms with E-state index in [4.69, 9.17) is 32.7 Å². The van der Waals surface area contributed by atoms with Crippen LogP contribution < -0.4 is 19.7 Å². The predicted molar refractivity (Wildman–Crippen MR) is 147 cm³/mol. The summed E-state index contributed by atoms with van der Waals surface area (Å²) < 4.78 is 12.2. The molecule has 0 unspecified atom stereocenters. The fraction of sp³-hybridized carbons (Fsp3) is 0.115. The lowest BCUT2D eigenvalue weighted by Gasteiger charge is -2.27. The molecule has 1 aliphatic rings. The molecule has 4 amide bonds. The SMILES string of the molecule is COc1cc(/C=C2\C(=O)NC(=O)N(c3cccc(Cl)c3C)C2=O)cc(I)c1OCc1cccc(Cl)c1. The van der Waals surface area contributed by atoms with Gasteiger partial charge in [0.1, 0.15) is 12.2 Å². The first-order valence-electron chi connectivity index (χ1n) is 10.6. The minimum Gasteiger partial charge on any atom is -0.493 e. The van der Waals surface area contributed by atoms with Crippen LogP contribution in [-0.4, -0.2) is 25.0 Å². The van der Waals surface area contributed by atoms with Crippen molar-refractivity contribution in [3.8, 4) is 11.5 Å². The van der Waals surface area contributed by atoms with Crippen molar-refractivity contribution in [1.29, 1.82) is 0 Å². The van der Waals surface area contributed by atoms with Crippen molar-refractivity contribution in [2.45, 2.75) is 13.5 Å². The van der Waals surface area contributed by atoms with Crippen LogP contribution in [0.15, 0.2) is 60.2 Å². The molecule has 1 N–H and O–H groups in total. The number of nitrogens with one attached hydrogen (secondary N) is 1. The summed E-state index contributed by atoms with van der Waals surface area (Å²) in [6.45, 7) is 1.96. The maximum Gasteiger partial charge on any atom is 0.335 e. The number of carbonyl (C=O) groups is 3. The lowest BCUT2D eigenvalue weighted by Crippen LogP contribution is -2.54. The third kappa shape index (κ3) is 5.35. The molecule has 0 aromatic heterocycles. The molecule has 0 bridgehead atoms. The average Bonchev–Trinajstić information content (AvgIpc) is 2.83. The minimum atomic E-state index is -0.843. The van der Waals surface area contributed by atoms with Crippen molar-refractivity contribution >= 4 is 75.4 Å². The Kier molecular flexibility index (Phi) is 7.87. The van der Waals surface area contributed by atoms with Crippen LogP contribution in [0.5, 0.6) is 11.5 Å². The number of carbonyl (C=O) groups excluding carboxylic acids is 3. The zero-order chi connectivity index (χ0) is 26.0. The van der Waals surface area contributed by atoms with Crippen LogP contribution >= 0.6 is 45.8 Å². The number of imide groups is 2. The molecule has 1 heterocycles. The van der Waals surface area contributed by atoms with Gasteiger partial charge in [-0.05, 0) is 88.7 Å². The van der Waals surface area contributed by atoms with Gasteiger partial charge in [0.25, 0.3) is 11.8 Å². The van der Waals surface area contributed by atoms with Gasteiger partial charge in [0.05, 0.1) is 16.4 Å². The van der Waals surface area contributed by atoms with Crippen LogP contribution in [0.25, 0.3) is 6.08 Å². The fourth-order valence-corrected chi connectivity index (χ4v) is 4.79. The summed E-state index contributed by atoms with van der Waals surface area (Å²) in [5.74, 6) is -0.635. The smallest absolute Gasteiger partial charge is 0.335 e. The molecule has 3 aromatic rings. The minimum absolute atomic E-state index is 0.209. The van der Waals surface area contributed by atoms with Gasteiger partial charge in [0.15, 0.2) is 11.5 Å². The summed E-state index contributed by atoms with van der Waals surface area (Å²) in [6, 6.07) is 14.7. The molecular formula is C26H19Cl2IN2O5. The van der Waals surface area contributed by atoms with E-state index in [0.717, 1.165) is 10.5 Å². The van der Waals surface area contributed by atoms with Crippen LogP contribution in [0.3, 0.4) is 0 Å². The molecule has 0 radical (unpaired) electrons. The van der Waals surface area contributed by atoms with E-state index < -0.39 is 17.8 Å². The summed E-state index contributed by atoms with van der Waals surface area (Å²) in [5.41, 5.74) is 2.02. The number of anilines is 1. The Bertz CT molecular complexity index is 1420. The number of barbiturate groups is 1. The third-order valence-electron chi connectivity index (χ3n) is 5.42. The van der Waals surface area contributed by atoms with Crippen LogP contribution in [0.1, 0.15) is 16.7 Å². The Labute approximate surface area is 231 Å². The topological polar surface area (TPSA) is 84.9 Å². The molecule has 7 nitrogen and oxygen atoms in total. The number of amides is 4. The highest BCUT2D eigenvalue weighted by Gasteiger charge is 2.37. The summed E-state index contributed by atoms with van der Waals surface area (Å²) in [6.07, 6.45) is 1.41. The van der Waals surface area contributed by atoms with Crippen LogP contribution in [-0.2, 0) is 16.2 Å². The fourth-order valence-electron chi connectivity index (χ4n) is 3.63. The highest BCUT2D eigenvalue weighted by molar-refractivity contribution is 14.1. The van der Waals surface area contributed by atoms with Crippen molar-refractivity contribution < 1.29 is 23.9 Å². The number of ether oxygens (including phenoxy) is 2. The van der Waals surface area contributed by atoms with Gasteiger partial charge in [0, 0.05) is 10.0 Å². The van der Waals surface area contributed by atoms with Gasteiger partial charge in [-0.15, -0.1) is 0 Å². The summed E-state index contributed by atoms with van der Waals surface area (Å²) in [4.78, 5) is 39.3. The number of benzene rings is 3. The van der Waals surface area contributed by atoms with Crippen molar-refractivity contribution in [1.82, 2.24) is 5.32 Å². The Hall–Kier alpha value is -3.08. The molecule has 36 heavy (non-hydrogen) atoms. The molecule has 0 atom stereocenters. The lowest BCUT2D eigenvalue weighted by molar-refractivity contribution is -0.122. The van der Waals surface area contributed by atoms with Gasteiger partial charge < -0.3 is 9.47 Å². The van der Waals surface area contributed by atoms with Gasteiger partial charge in [-0.3, -0.25) is 14.9 Å². The van der Waals surface area contributed by atoms with E-state index in [1.54, 1.807) is 43.3 Å². The number of hydrogen-bond acceptors (Lipinski definition) is 5. The third-order valence-corrected chi connectivity index (χ3v) is 6.86. The molecule has 4 rings (SSSR count). The first-order valence-corrected chi connectivity index (χ1v) is 12.4. The number of urea groups is 1. The van der Waals surface area contributed by atoms with Crippen molar-refractivity contribution in [2.75, 3.05) is 12.0 Å². The average molecular weight is 637 g/mol. The monoisotopic (exact) mass is 636 g/mol. The second-order valence-corrected chi connectivity index (χ2v) is 9.80. The lowest BCUT2D eigenvalue weighted by atomic mass is 10.1. The molecule has 10 heteroatoms. The summed E-state index contributed by atoms with van der Waals surface area (Å²) in [7, 11) is 1.50. The number of hydrogen-bond donors (Lipinski definition) is 1. The van der Waals surface area contributed by atoms with E-state index in [2.05, 4.69) is 27.9 Å². The summed E-state index contributed by atoms with van der Waals surface area (Å²) in [5, 5.41) is 3.22. The first kappa shape index (κ1) is 26.0. The molecule has 0 aliphatic carbocycles. The van der Waals surface area contributed by atoms with E-state index in [0.29, 0.717) is 41.9 Å². The maximum atomic E-state index is 13.3. The molecule has 1 aliphatic heterocycles. The van der Waals surface area contributed by atoms with Crippen molar-refractivity contribution in [2.24, 2.45) is 0 Å². The molecule has 0 spiro atoms. The van der Waals surface area contributed by atoms with E-state index in [9.17, 15) is 14.4 Å². The molecule has 0 saturated carbocycles. The van der Waals surface area contributed by atoms with Crippen LogP contribution in [0.4, 0.5) is 10.5 Å². The quantitative estimate of drug-likeness (QED) is 0.199. The molecular weight excluding hydrogens is 618 g/mol. The van der Waals surface area contributed by atoms with Gasteiger partial charge in [0.2, 0.25) is 0 Å². The molecule has 1 saturated heterocycles. The highest BCUT2D eigenvalue weighted by atomic mass is 127. The second-order valence-electron chi connectivity index (χ2n) is 7.79. The second kappa shape index (κ2) is 10.9. The van der Waals surface area contributed by atoms with Gasteiger partial charge in [-0.1, -0.05) is 41.4 Å². The number of methoxy groups -OCH3 is 1. The van der Waals surface area contributed by atoms with Gasteiger partial charge >= 0.3 is 6.03 Å². The molecule has 3 aromatic carbocycles. The number of nitrogens with zero attached hydrogens (tertiary/aromatic N) is 1. The van der Waals surface area contributed by atoms with E-state index in [1.165, 1.54) is 13.2 Å². The Morgan fingerprint density at radius 3 is 2.53 bits per heavy atom. The van der Waals surface area contributed by atoms with E-state index >= 15 is 0 Å². The zero-order valence-corrected chi connectivity index (χ0v) is 22.8. The largest absolute Gasteiger partial charge is 0.493 e. The maximum absolute atomic E-state index is 13.3. The Morgan fingerprint density at radius 2 is 1.81 bits per heavy atom. The summed E-state index contributed by atoms with van der Waals surface area (Å²) >= 11 is 14.3. The standard InChI is InChI=1S/C26H19Cl2IN2O5/c1-14-19(28)7-4-8-21(14)31-25(33)18(24(32)30-26(31)34)10-16-11-20(29)23(22(12-16)35-2)36-13-15-5-3-6-17(27)9-15/h3-12H,13H2,1-2H3,(H,30,32,34)/b18-10+. The number of rotatable bonds is 6.